The summed E-state index contributed by atoms with van der Waals surface area (Å²) in [6, 6.07) is 6.86. The fraction of sp³-hybridized carbons (Fsp3) is 0.263. The molecule has 7 nitrogen and oxygen atoms in total. The molecule has 0 fully saturated rings. The maximum atomic E-state index is 11.3. The Morgan fingerprint density at radius 3 is 2.89 bits per heavy atom. The van der Waals surface area contributed by atoms with Crippen LogP contribution in [0.1, 0.15) is 24.0 Å². The lowest BCUT2D eigenvalue weighted by molar-refractivity contribution is -0.384. The third-order valence-electron chi connectivity index (χ3n) is 4.74. The second kappa shape index (κ2) is 7.11. The van der Waals surface area contributed by atoms with E-state index < -0.39 is 0 Å². The summed E-state index contributed by atoms with van der Waals surface area (Å²) < 4.78 is 2.69. The molecule has 2 aromatic heterocycles. The highest BCUT2D eigenvalue weighted by molar-refractivity contribution is 9.10. The van der Waals surface area contributed by atoms with E-state index in [2.05, 4.69) is 26.2 Å². The Morgan fingerprint density at radius 2 is 2.11 bits per heavy atom. The van der Waals surface area contributed by atoms with Crippen molar-refractivity contribution in [2.75, 3.05) is 11.9 Å². The smallest absolute Gasteiger partial charge is 0.271 e. The second-order valence-corrected chi connectivity index (χ2v) is 7.51. The highest BCUT2D eigenvalue weighted by Crippen LogP contribution is 2.35. The SMILES string of the molecule is Cc1ccc([N+](=O)[O-])cc1-n1nc(-c2cncc(Br)c2)c2c1NCCCC2. The lowest BCUT2D eigenvalue weighted by atomic mass is 10.1. The van der Waals surface area contributed by atoms with E-state index in [1.165, 1.54) is 6.07 Å². The van der Waals surface area contributed by atoms with Gasteiger partial charge in [-0.3, -0.25) is 15.1 Å². The Hall–Kier alpha value is -2.74. The number of nitro benzene ring substituents is 1. The van der Waals surface area contributed by atoms with E-state index in [0.29, 0.717) is 5.69 Å². The summed E-state index contributed by atoms with van der Waals surface area (Å²) in [6.45, 7) is 2.78. The van der Waals surface area contributed by atoms with Gasteiger partial charge in [0.1, 0.15) is 5.82 Å². The number of nitrogens with one attached hydrogen (secondary N) is 1. The number of hydrogen-bond acceptors (Lipinski definition) is 5. The van der Waals surface area contributed by atoms with E-state index in [4.69, 9.17) is 5.10 Å². The first kappa shape index (κ1) is 17.7. The van der Waals surface area contributed by atoms with E-state index in [1.54, 1.807) is 29.2 Å². The third-order valence-corrected chi connectivity index (χ3v) is 5.17. The van der Waals surface area contributed by atoms with Gasteiger partial charge in [-0.25, -0.2) is 4.68 Å². The van der Waals surface area contributed by atoms with Crippen LogP contribution in [0, 0.1) is 17.0 Å². The number of benzene rings is 1. The van der Waals surface area contributed by atoms with E-state index in [9.17, 15) is 10.1 Å². The van der Waals surface area contributed by atoms with Crippen molar-refractivity contribution in [3.63, 3.8) is 0 Å². The van der Waals surface area contributed by atoms with Crippen LogP contribution in [-0.4, -0.2) is 26.2 Å². The Kier molecular flexibility index (Phi) is 4.65. The first-order chi connectivity index (χ1) is 13.0. The highest BCUT2D eigenvalue weighted by Gasteiger charge is 2.23. The van der Waals surface area contributed by atoms with Crippen LogP contribution in [0.25, 0.3) is 16.9 Å². The number of aromatic nitrogens is 3. The van der Waals surface area contributed by atoms with Gasteiger partial charge in [0, 0.05) is 46.7 Å². The zero-order valence-corrected chi connectivity index (χ0v) is 16.4. The predicted octanol–water partition coefficient (Wildman–Crippen LogP) is 4.66. The summed E-state index contributed by atoms with van der Waals surface area (Å²) in [4.78, 5) is 15.1. The summed E-state index contributed by atoms with van der Waals surface area (Å²) in [5.74, 6) is 0.908. The number of fused-ring (bicyclic) bond motifs is 1. The molecule has 0 spiro atoms. The number of nitrogens with zero attached hydrogens (tertiary/aromatic N) is 4. The molecule has 1 aliphatic rings. The number of nitro groups is 1. The highest BCUT2D eigenvalue weighted by atomic mass is 79.9. The molecule has 3 aromatic rings. The summed E-state index contributed by atoms with van der Waals surface area (Å²) in [5, 5.41) is 19.6. The second-order valence-electron chi connectivity index (χ2n) is 6.59. The molecule has 0 saturated carbocycles. The molecule has 138 valence electrons. The number of halogens is 1. The molecule has 0 bridgehead atoms. The number of aryl methyl sites for hydroxylation is 1. The molecule has 0 atom stereocenters. The lowest BCUT2D eigenvalue weighted by Gasteiger charge is -2.11. The van der Waals surface area contributed by atoms with Crippen molar-refractivity contribution in [1.82, 2.24) is 14.8 Å². The average molecular weight is 428 g/mol. The first-order valence-corrected chi connectivity index (χ1v) is 9.56. The van der Waals surface area contributed by atoms with Crippen LogP contribution < -0.4 is 5.32 Å². The summed E-state index contributed by atoms with van der Waals surface area (Å²) in [6.07, 6.45) is 6.57. The van der Waals surface area contributed by atoms with E-state index in [1.807, 2.05) is 13.0 Å². The van der Waals surface area contributed by atoms with Crippen molar-refractivity contribution >= 4 is 27.4 Å². The number of non-ortho nitro benzene ring substituents is 1. The fourth-order valence-corrected chi connectivity index (χ4v) is 3.75. The van der Waals surface area contributed by atoms with Crippen molar-refractivity contribution in [1.29, 1.82) is 0 Å². The molecule has 0 radical (unpaired) electrons. The van der Waals surface area contributed by atoms with Crippen LogP contribution in [0.4, 0.5) is 11.5 Å². The quantitative estimate of drug-likeness (QED) is 0.484. The molecule has 0 unspecified atom stereocenters. The van der Waals surface area contributed by atoms with Crippen LogP contribution in [0.2, 0.25) is 0 Å². The van der Waals surface area contributed by atoms with Crippen LogP contribution >= 0.6 is 15.9 Å². The molecule has 1 aromatic carbocycles. The molecule has 3 heterocycles. The van der Waals surface area contributed by atoms with Gasteiger partial charge in [0.2, 0.25) is 0 Å². The van der Waals surface area contributed by atoms with Gasteiger partial charge in [-0.15, -0.1) is 0 Å². The maximum Gasteiger partial charge on any atom is 0.271 e. The molecule has 0 amide bonds. The molecular weight excluding hydrogens is 410 g/mol. The average Bonchev–Trinajstić information content (AvgIpc) is 2.83. The topological polar surface area (TPSA) is 85.9 Å². The molecular formula is C19H18BrN5O2. The molecule has 0 saturated heterocycles. The molecule has 8 heteroatoms. The number of hydrogen-bond donors (Lipinski definition) is 1. The largest absolute Gasteiger partial charge is 0.370 e. The van der Waals surface area contributed by atoms with E-state index >= 15 is 0 Å². The number of pyridine rings is 1. The minimum atomic E-state index is -0.377. The molecule has 0 aliphatic carbocycles. The van der Waals surface area contributed by atoms with E-state index in [0.717, 1.165) is 58.5 Å². The van der Waals surface area contributed by atoms with Crippen molar-refractivity contribution in [2.45, 2.75) is 26.2 Å². The Morgan fingerprint density at radius 1 is 1.26 bits per heavy atom. The third kappa shape index (κ3) is 3.32. The molecule has 4 rings (SSSR count). The number of anilines is 1. The van der Waals surface area contributed by atoms with Crippen LogP contribution in [0.15, 0.2) is 41.1 Å². The van der Waals surface area contributed by atoms with Crippen LogP contribution in [0.5, 0.6) is 0 Å². The summed E-state index contributed by atoms with van der Waals surface area (Å²) >= 11 is 3.47. The summed E-state index contributed by atoms with van der Waals surface area (Å²) in [5.41, 5.74) is 4.60. The Balaban J connectivity index is 1.94. The first-order valence-electron chi connectivity index (χ1n) is 8.76. The molecule has 1 aliphatic heterocycles. The monoisotopic (exact) mass is 427 g/mol. The zero-order chi connectivity index (χ0) is 19.0. The van der Waals surface area contributed by atoms with Crippen molar-refractivity contribution in [2.24, 2.45) is 0 Å². The van der Waals surface area contributed by atoms with Crippen LogP contribution in [-0.2, 0) is 6.42 Å². The normalized spacial score (nSPS) is 13.6. The van der Waals surface area contributed by atoms with Crippen molar-refractivity contribution in [3.05, 3.63) is 62.4 Å². The minimum absolute atomic E-state index is 0.0548. The Bertz CT molecular complexity index is 1030. The van der Waals surface area contributed by atoms with Crippen LogP contribution in [0.3, 0.4) is 0 Å². The van der Waals surface area contributed by atoms with E-state index in [-0.39, 0.29) is 10.6 Å². The fourth-order valence-electron chi connectivity index (χ4n) is 3.39. The summed E-state index contributed by atoms with van der Waals surface area (Å²) in [7, 11) is 0. The number of rotatable bonds is 3. The Labute approximate surface area is 164 Å². The maximum absolute atomic E-state index is 11.3. The molecule has 27 heavy (non-hydrogen) atoms. The van der Waals surface area contributed by atoms with Crippen molar-refractivity contribution < 1.29 is 4.92 Å². The van der Waals surface area contributed by atoms with Gasteiger partial charge in [-0.05, 0) is 53.7 Å². The van der Waals surface area contributed by atoms with Gasteiger partial charge >= 0.3 is 0 Å². The van der Waals surface area contributed by atoms with Gasteiger partial charge < -0.3 is 5.32 Å². The van der Waals surface area contributed by atoms with Gasteiger partial charge in [-0.2, -0.15) is 5.10 Å². The lowest BCUT2D eigenvalue weighted by Crippen LogP contribution is -2.08. The standard InChI is InChI=1S/C19H18BrN5O2/c1-12-5-6-15(25(26)27)9-17(12)24-19-16(4-2-3-7-22-19)18(23-24)13-8-14(20)11-21-10-13/h5-6,8-11,22H,2-4,7H2,1H3. The predicted molar refractivity (Wildman–Crippen MR) is 107 cm³/mol. The zero-order valence-electron chi connectivity index (χ0n) is 14.8. The minimum Gasteiger partial charge on any atom is -0.370 e. The molecule has 1 N–H and O–H groups in total. The van der Waals surface area contributed by atoms with Gasteiger partial charge in [0.05, 0.1) is 16.3 Å². The van der Waals surface area contributed by atoms with Crippen molar-refractivity contribution in [3.8, 4) is 16.9 Å². The van der Waals surface area contributed by atoms with Gasteiger partial charge in [0.15, 0.2) is 0 Å². The van der Waals surface area contributed by atoms with Gasteiger partial charge in [-0.1, -0.05) is 6.07 Å². The van der Waals surface area contributed by atoms with Gasteiger partial charge in [0.25, 0.3) is 5.69 Å².